The second kappa shape index (κ2) is 7.44. The van der Waals surface area contributed by atoms with Gasteiger partial charge >= 0.3 is 0 Å². The minimum atomic E-state index is -0.119. The molecule has 0 radical (unpaired) electrons. The van der Waals surface area contributed by atoms with Crippen LogP contribution in [-0.4, -0.2) is 52.5 Å². The lowest BCUT2D eigenvalue weighted by Crippen LogP contribution is -2.46. The van der Waals surface area contributed by atoms with E-state index in [1.165, 1.54) is 6.42 Å². The number of benzene rings is 1. The van der Waals surface area contributed by atoms with Crippen LogP contribution in [0.1, 0.15) is 33.0 Å². The van der Waals surface area contributed by atoms with Gasteiger partial charge in [0.2, 0.25) is 0 Å². The fourth-order valence-electron chi connectivity index (χ4n) is 3.11. The van der Waals surface area contributed by atoms with Crippen molar-refractivity contribution < 1.29 is 0 Å². The molecule has 0 saturated carbocycles. The Bertz CT molecular complexity index is 788. The highest BCUT2D eigenvalue weighted by atomic mass is 35.5. The van der Waals surface area contributed by atoms with Crippen molar-refractivity contribution in [1.82, 2.24) is 19.8 Å². The molecular weight excluding hydrogens is 336 g/mol. The monoisotopic (exact) mass is 362 g/mol. The fraction of sp³-hybridized carbons (Fsp3) is 0.579. The first kappa shape index (κ1) is 18.4. The molecule has 1 N–H and O–H groups in total. The number of halogens is 1. The van der Waals surface area contributed by atoms with E-state index < -0.39 is 0 Å². The van der Waals surface area contributed by atoms with Gasteiger partial charge in [-0.2, -0.15) is 0 Å². The molecule has 0 aliphatic carbocycles. The van der Waals surface area contributed by atoms with Gasteiger partial charge in [0.1, 0.15) is 5.82 Å². The smallest absolute Gasteiger partial charge is 0.258 e. The largest absolute Gasteiger partial charge is 0.309 e. The molecule has 136 valence electrons. The van der Waals surface area contributed by atoms with Crippen LogP contribution in [0.3, 0.4) is 0 Å². The van der Waals surface area contributed by atoms with Crippen molar-refractivity contribution in [1.29, 1.82) is 0 Å². The lowest BCUT2D eigenvalue weighted by molar-refractivity contribution is 0.114. The van der Waals surface area contributed by atoms with Gasteiger partial charge in [0.05, 0.1) is 17.4 Å². The molecule has 2 aromatic rings. The summed E-state index contributed by atoms with van der Waals surface area (Å²) in [7, 11) is 0. The van der Waals surface area contributed by atoms with Crippen molar-refractivity contribution >= 4 is 22.5 Å². The van der Waals surface area contributed by atoms with Crippen LogP contribution in [0, 0.1) is 5.41 Å². The van der Waals surface area contributed by atoms with Crippen LogP contribution < -0.4 is 5.56 Å². The third-order valence-corrected chi connectivity index (χ3v) is 4.97. The van der Waals surface area contributed by atoms with Crippen LogP contribution in [0.5, 0.6) is 0 Å². The van der Waals surface area contributed by atoms with E-state index >= 15 is 0 Å². The maximum Gasteiger partial charge on any atom is 0.258 e. The molecule has 2 heterocycles. The van der Waals surface area contributed by atoms with E-state index in [0.29, 0.717) is 27.9 Å². The first-order valence-corrected chi connectivity index (χ1v) is 9.31. The molecule has 1 aliphatic heterocycles. The van der Waals surface area contributed by atoms with Gasteiger partial charge < -0.3 is 9.88 Å². The number of rotatable bonds is 4. The summed E-state index contributed by atoms with van der Waals surface area (Å²) in [4.78, 5) is 24.6. The second-order valence-corrected chi connectivity index (χ2v) is 8.54. The van der Waals surface area contributed by atoms with Gasteiger partial charge in [-0.1, -0.05) is 32.4 Å². The quantitative estimate of drug-likeness (QED) is 0.907. The number of hydrogen-bond acceptors (Lipinski definition) is 4. The van der Waals surface area contributed by atoms with Gasteiger partial charge in [-0.05, 0) is 36.6 Å². The average molecular weight is 363 g/mol. The summed E-state index contributed by atoms with van der Waals surface area (Å²) in [6.45, 7) is 12.9. The van der Waals surface area contributed by atoms with Gasteiger partial charge in [-0.3, -0.25) is 9.69 Å². The molecule has 1 saturated heterocycles. The molecule has 1 aliphatic rings. The standard InChI is InChI=1S/C19H27ClN4O/c1-19(2,3)6-7-23-8-10-24(11-9-23)13-17-21-16-5-4-14(20)12-15(16)18(25)22-17/h4-5,12H,6-11,13H2,1-3H3,(H,21,22,25). The van der Waals surface area contributed by atoms with Gasteiger partial charge in [-0.25, -0.2) is 4.98 Å². The van der Waals surface area contributed by atoms with Crippen LogP contribution in [-0.2, 0) is 6.54 Å². The van der Waals surface area contributed by atoms with E-state index in [2.05, 4.69) is 40.5 Å². The molecular formula is C19H27ClN4O. The van der Waals surface area contributed by atoms with E-state index in [9.17, 15) is 4.79 Å². The SMILES string of the molecule is CC(C)(C)CCN1CCN(Cc2nc3ccc(Cl)cc3c(=O)[nH]2)CC1. The Morgan fingerprint density at radius 2 is 1.84 bits per heavy atom. The number of fused-ring (bicyclic) bond motifs is 1. The van der Waals surface area contributed by atoms with Crippen molar-refractivity contribution in [3.05, 3.63) is 39.4 Å². The van der Waals surface area contributed by atoms with Crippen LogP contribution >= 0.6 is 11.6 Å². The van der Waals surface area contributed by atoms with E-state index in [1.54, 1.807) is 18.2 Å². The summed E-state index contributed by atoms with van der Waals surface area (Å²) in [6.07, 6.45) is 1.22. The van der Waals surface area contributed by atoms with Crippen molar-refractivity contribution in [2.24, 2.45) is 5.41 Å². The summed E-state index contributed by atoms with van der Waals surface area (Å²) >= 11 is 5.96. The molecule has 0 unspecified atom stereocenters. The van der Waals surface area contributed by atoms with Crippen LogP contribution in [0.2, 0.25) is 5.02 Å². The molecule has 1 fully saturated rings. The summed E-state index contributed by atoms with van der Waals surface area (Å²) in [5, 5.41) is 1.10. The molecule has 0 spiro atoms. The Labute approximate surface area is 154 Å². The first-order valence-electron chi connectivity index (χ1n) is 8.93. The third-order valence-electron chi connectivity index (χ3n) is 4.73. The maximum atomic E-state index is 12.2. The highest BCUT2D eigenvalue weighted by Crippen LogP contribution is 2.19. The van der Waals surface area contributed by atoms with E-state index in [-0.39, 0.29) is 5.56 Å². The zero-order valence-electron chi connectivity index (χ0n) is 15.3. The lowest BCUT2D eigenvalue weighted by atomic mass is 9.92. The van der Waals surface area contributed by atoms with Crippen LogP contribution in [0.15, 0.2) is 23.0 Å². The maximum absolute atomic E-state index is 12.2. The molecule has 1 aromatic carbocycles. The lowest BCUT2D eigenvalue weighted by Gasteiger charge is -2.35. The van der Waals surface area contributed by atoms with Crippen molar-refractivity contribution in [3.8, 4) is 0 Å². The first-order chi connectivity index (χ1) is 11.8. The zero-order valence-corrected chi connectivity index (χ0v) is 16.1. The van der Waals surface area contributed by atoms with Crippen molar-refractivity contribution in [3.63, 3.8) is 0 Å². The predicted molar refractivity (Wildman–Crippen MR) is 103 cm³/mol. The van der Waals surface area contributed by atoms with Crippen LogP contribution in [0.4, 0.5) is 0 Å². The fourth-order valence-corrected chi connectivity index (χ4v) is 3.28. The Balaban J connectivity index is 1.60. The highest BCUT2D eigenvalue weighted by molar-refractivity contribution is 6.31. The zero-order chi connectivity index (χ0) is 18.0. The molecule has 0 atom stereocenters. The van der Waals surface area contributed by atoms with Gasteiger partial charge in [0, 0.05) is 31.2 Å². The average Bonchev–Trinajstić information content (AvgIpc) is 2.54. The molecule has 3 rings (SSSR count). The normalized spacial score (nSPS) is 17.3. The number of aromatic amines is 1. The highest BCUT2D eigenvalue weighted by Gasteiger charge is 2.20. The number of nitrogens with zero attached hydrogens (tertiary/aromatic N) is 3. The number of aromatic nitrogens is 2. The summed E-state index contributed by atoms with van der Waals surface area (Å²) in [5.74, 6) is 0.725. The molecule has 0 bridgehead atoms. The van der Waals surface area contributed by atoms with Gasteiger partial charge in [0.15, 0.2) is 0 Å². The van der Waals surface area contributed by atoms with Gasteiger partial charge in [-0.15, -0.1) is 0 Å². The molecule has 5 nitrogen and oxygen atoms in total. The van der Waals surface area contributed by atoms with Crippen molar-refractivity contribution in [2.75, 3.05) is 32.7 Å². The van der Waals surface area contributed by atoms with Crippen LogP contribution in [0.25, 0.3) is 10.9 Å². The topological polar surface area (TPSA) is 52.2 Å². The minimum Gasteiger partial charge on any atom is -0.309 e. The Morgan fingerprint density at radius 1 is 1.16 bits per heavy atom. The number of nitrogens with one attached hydrogen (secondary N) is 1. The second-order valence-electron chi connectivity index (χ2n) is 8.10. The molecule has 1 aromatic heterocycles. The Kier molecular flexibility index (Phi) is 5.46. The third kappa shape index (κ3) is 5.03. The van der Waals surface area contributed by atoms with Crippen molar-refractivity contribution in [2.45, 2.75) is 33.7 Å². The Hall–Kier alpha value is -1.43. The molecule has 25 heavy (non-hydrogen) atoms. The number of hydrogen-bond donors (Lipinski definition) is 1. The number of piperazine rings is 1. The summed E-state index contributed by atoms with van der Waals surface area (Å²) in [5.41, 5.74) is 0.965. The summed E-state index contributed by atoms with van der Waals surface area (Å²) in [6, 6.07) is 5.25. The predicted octanol–water partition coefficient (Wildman–Crippen LogP) is 3.13. The van der Waals surface area contributed by atoms with Gasteiger partial charge in [0.25, 0.3) is 5.56 Å². The van der Waals surface area contributed by atoms with E-state index in [4.69, 9.17) is 11.6 Å². The molecule has 6 heteroatoms. The van der Waals surface area contributed by atoms with E-state index in [0.717, 1.165) is 38.5 Å². The number of H-pyrrole nitrogens is 1. The minimum absolute atomic E-state index is 0.119. The summed E-state index contributed by atoms with van der Waals surface area (Å²) < 4.78 is 0. The molecule has 0 amide bonds. The Morgan fingerprint density at radius 3 is 2.52 bits per heavy atom. The van der Waals surface area contributed by atoms with E-state index in [1.807, 2.05) is 0 Å².